The van der Waals surface area contributed by atoms with Gasteiger partial charge in [0.1, 0.15) is 16.5 Å². The number of para-hydroxylation sites is 1. The summed E-state index contributed by atoms with van der Waals surface area (Å²) in [4.78, 5) is 10.6. The van der Waals surface area contributed by atoms with Crippen molar-refractivity contribution in [2.24, 2.45) is 0 Å². The topological polar surface area (TPSA) is 55.1 Å². The van der Waals surface area contributed by atoms with Crippen LogP contribution >= 0.6 is 23.4 Å². The second-order valence-corrected chi connectivity index (χ2v) is 5.19. The first kappa shape index (κ1) is 13.9. The summed E-state index contributed by atoms with van der Waals surface area (Å²) in [6, 6.07) is 6.03. The number of benzene rings is 1. The van der Waals surface area contributed by atoms with Crippen LogP contribution in [0.5, 0.6) is 0 Å². The van der Waals surface area contributed by atoms with E-state index in [4.69, 9.17) is 16.7 Å². The van der Waals surface area contributed by atoms with Gasteiger partial charge in [0.05, 0.1) is 16.5 Å². The van der Waals surface area contributed by atoms with Gasteiger partial charge in [-0.3, -0.25) is 4.79 Å². The van der Waals surface area contributed by atoms with Crippen LogP contribution in [0.25, 0.3) is 5.69 Å². The zero-order valence-electron chi connectivity index (χ0n) is 9.93. The van der Waals surface area contributed by atoms with Crippen LogP contribution in [0.15, 0.2) is 29.3 Å². The van der Waals surface area contributed by atoms with Gasteiger partial charge in [-0.1, -0.05) is 29.4 Å². The molecule has 0 radical (unpaired) electrons. The molecule has 1 aromatic carbocycles. The van der Waals surface area contributed by atoms with Crippen molar-refractivity contribution in [2.75, 3.05) is 5.75 Å². The summed E-state index contributed by atoms with van der Waals surface area (Å²) in [6.45, 7) is 1.75. The van der Waals surface area contributed by atoms with Crippen molar-refractivity contribution < 1.29 is 14.3 Å². The summed E-state index contributed by atoms with van der Waals surface area (Å²) in [5, 5.41) is 13.6. The Labute approximate surface area is 118 Å². The number of aromatic nitrogens is 2. The third kappa shape index (κ3) is 3.08. The molecule has 2 aromatic rings. The number of halogens is 2. The monoisotopic (exact) mass is 300 g/mol. The van der Waals surface area contributed by atoms with Gasteiger partial charge in [-0.05, 0) is 25.1 Å². The lowest BCUT2D eigenvalue weighted by molar-refractivity contribution is -0.133. The number of nitrogens with zero attached hydrogens (tertiary/aromatic N) is 2. The van der Waals surface area contributed by atoms with E-state index in [0.717, 1.165) is 11.8 Å². The minimum Gasteiger partial charge on any atom is -0.481 e. The fraction of sp³-hybridized carbons (Fsp3) is 0.167. The van der Waals surface area contributed by atoms with Gasteiger partial charge in [-0.15, -0.1) is 0 Å². The van der Waals surface area contributed by atoms with Gasteiger partial charge in [0, 0.05) is 0 Å². The number of aryl methyl sites for hydroxylation is 1. The maximum Gasteiger partial charge on any atom is 0.313 e. The molecule has 0 saturated carbocycles. The molecular weight excluding hydrogens is 291 g/mol. The van der Waals surface area contributed by atoms with Crippen LogP contribution in [0, 0.1) is 12.7 Å². The highest BCUT2D eigenvalue weighted by molar-refractivity contribution is 7.99. The standard InChI is InChI=1S/C12H10ClFN2O2S/c1-7-5-10(19-6-11(17)18)16(15-7)12-8(13)3-2-4-9(12)14/h2-5H,6H2,1H3,(H,17,18). The molecule has 2 rings (SSSR count). The second-order valence-electron chi connectivity index (χ2n) is 3.79. The van der Waals surface area contributed by atoms with E-state index in [2.05, 4.69) is 5.10 Å². The zero-order valence-corrected chi connectivity index (χ0v) is 11.5. The Morgan fingerprint density at radius 1 is 1.58 bits per heavy atom. The van der Waals surface area contributed by atoms with Crippen LogP contribution in [0.4, 0.5) is 4.39 Å². The molecule has 0 atom stereocenters. The second kappa shape index (κ2) is 5.63. The van der Waals surface area contributed by atoms with Crippen LogP contribution < -0.4 is 0 Å². The zero-order chi connectivity index (χ0) is 14.0. The Morgan fingerprint density at radius 2 is 2.32 bits per heavy atom. The molecule has 1 aromatic heterocycles. The number of aliphatic carboxylic acids is 1. The smallest absolute Gasteiger partial charge is 0.313 e. The van der Waals surface area contributed by atoms with E-state index < -0.39 is 11.8 Å². The van der Waals surface area contributed by atoms with Crippen molar-refractivity contribution in [1.82, 2.24) is 9.78 Å². The van der Waals surface area contributed by atoms with E-state index in [-0.39, 0.29) is 16.5 Å². The quantitative estimate of drug-likeness (QED) is 0.881. The molecular formula is C12H10ClFN2O2S. The van der Waals surface area contributed by atoms with E-state index in [9.17, 15) is 9.18 Å². The molecule has 0 fully saturated rings. The Bertz CT molecular complexity index is 610. The Morgan fingerprint density at radius 3 is 2.95 bits per heavy atom. The summed E-state index contributed by atoms with van der Waals surface area (Å²) >= 11 is 7.05. The maximum absolute atomic E-state index is 13.9. The third-order valence-electron chi connectivity index (χ3n) is 2.29. The summed E-state index contributed by atoms with van der Waals surface area (Å²) in [6.07, 6.45) is 0. The van der Waals surface area contributed by atoms with Crippen LogP contribution in [-0.2, 0) is 4.79 Å². The summed E-state index contributed by atoms with van der Waals surface area (Å²) in [5.74, 6) is -1.58. The number of thioether (sulfide) groups is 1. The minimum absolute atomic E-state index is 0.128. The van der Waals surface area contributed by atoms with Crippen LogP contribution in [-0.4, -0.2) is 26.6 Å². The molecule has 0 aliphatic carbocycles. The summed E-state index contributed by atoms with van der Waals surface area (Å²) in [5.41, 5.74) is 0.789. The highest BCUT2D eigenvalue weighted by Crippen LogP contribution is 2.29. The van der Waals surface area contributed by atoms with Gasteiger partial charge in [-0.2, -0.15) is 5.10 Å². The van der Waals surface area contributed by atoms with Crippen molar-refractivity contribution in [3.63, 3.8) is 0 Å². The fourth-order valence-electron chi connectivity index (χ4n) is 1.57. The molecule has 19 heavy (non-hydrogen) atoms. The summed E-state index contributed by atoms with van der Waals surface area (Å²) < 4.78 is 15.2. The van der Waals surface area contributed by atoms with Crippen molar-refractivity contribution >= 4 is 29.3 Å². The molecule has 0 aliphatic rings. The first-order valence-electron chi connectivity index (χ1n) is 5.34. The first-order valence-corrected chi connectivity index (χ1v) is 6.71. The molecule has 100 valence electrons. The van der Waals surface area contributed by atoms with Gasteiger partial charge in [0.2, 0.25) is 0 Å². The number of hydrogen-bond acceptors (Lipinski definition) is 3. The SMILES string of the molecule is Cc1cc(SCC(=O)O)n(-c2c(F)cccc2Cl)n1. The third-order valence-corrected chi connectivity index (χ3v) is 3.57. The normalized spacial score (nSPS) is 10.7. The van der Waals surface area contributed by atoms with Crippen molar-refractivity contribution in [3.8, 4) is 5.69 Å². The van der Waals surface area contributed by atoms with Gasteiger partial charge >= 0.3 is 5.97 Å². The first-order chi connectivity index (χ1) is 8.99. The average Bonchev–Trinajstić information content (AvgIpc) is 2.67. The Hall–Kier alpha value is -1.53. The molecule has 0 unspecified atom stereocenters. The number of carboxylic acid groups (broad SMARTS) is 1. The van der Waals surface area contributed by atoms with Crippen molar-refractivity contribution in [2.45, 2.75) is 11.9 Å². The Balaban J connectivity index is 2.47. The van der Waals surface area contributed by atoms with Gasteiger partial charge in [0.15, 0.2) is 0 Å². The lowest BCUT2D eigenvalue weighted by atomic mass is 10.3. The summed E-state index contributed by atoms with van der Waals surface area (Å²) in [7, 11) is 0. The predicted molar refractivity (Wildman–Crippen MR) is 71.6 cm³/mol. The molecule has 1 N–H and O–H groups in total. The molecule has 0 saturated heterocycles. The molecule has 0 spiro atoms. The number of carbonyl (C=O) groups is 1. The van der Waals surface area contributed by atoms with Crippen LogP contribution in [0.2, 0.25) is 5.02 Å². The molecule has 0 bridgehead atoms. The maximum atomic E-state index is 13.9. The van der Waals surface area contributed by atoms with Crippen molar-refractivity contribution in [1.29, 1.82) is 0 Å². The molecule has 1 heterocycles. The highest BCUT2D eigenvalue weighted by atomic mass is 35.5. The van der Waals surface area contributed by atoms with Crippen LogP contribution in [0.3, 0.4) is 0 Å². The largest absolute Gasteiger partial charge is 0.481 e. The Kier molecular flexibility index (Phi) is 4.11. The highest BCUT2D eigenvalue weighted by Gasteiger charge is 2.16. The molecule has 4 nitrogen and oxygen atoms in total. The van der Waals surface area contributed by atoms with E-state index in [1.807, 2.05) is 0 Å². The number of hydrogen-bond donors (Lipinski definition) is 1. The minimum atomic E-state index is -0.949. The number of rotatable bonds is 4. The van der Waals surface area contributed by atoms with E-state index in [1.54, 1.807) is 19.1 Å². The molecule has 0 aliphatic heterocycles. The van der Waals surface area contributed by atoms with Gasteiger partial charge in [-0.25, -0.2) is 9.07 Å². The fourth-order valence-corrected chi connectivity index (χ4v) is 2.59. The van der Waals surface area contributed by atoms with Gasteiger partial charge < -0.3 is 5.11 Å². The lowest BCUT2D eigenvalue weighted by Crippen LogP contribution is -2.04. The predicted octanol–water partition coefficient (Wildman–Crippen LogP) is 3.15. The van der Waals surface area contributed by atoms with Gasteiger partial charge in [0.25, 0.3) is 0 Å². The van der Waals surface area contributed by atoms with Crippen LogP contribution in [0.1, 0.15) is 5.69 Å². The van der Waals surface area contributed by atoms with E-state index >= 15 is 0 Å². The average molecular weight is 301 g/mol. The van der Waals surface area contributed by atoms with Crippen molar-refractivity contribution in [3.05, 3.63) is 40.8 Å². The van der Waals surface area contributed by atoms with E-state index in [1.165, 1.54) is 16.8 Å². The lowest BCUT2D eigenvalue weighted by Gasteiger charge is -2.09. The molecule has 0 amide bonds. The number of carboxylic acids is 1. The van der Waals surface area contributed by atoms with E-state index in [0.29, 0.717) is 10.7 Å². The molecule has 7 heteroatoms.